The zero-order valence-electron chi connectivity index (χ0n) is 8.57. The average Bonchev–Trinajstić information content (AvgIpc) is 2.27. The Morgan fingerprint density at radius 2 is 1.58 bits per heavy atom. The van der Waals surface area contributed by atoms with Gasteiger partial charge in [-0.05, 0) is 0 Å². The molecule has 0 aromatic heterocycles. The minimum atomic E-state index is -5.60. The van der Waals surface area contributed by atoms with E-state index in [0.717, 1.165) is 0 Å². The van der Waals surface area contributed by atoms with Gasteiger partial charge in [-0.25, -0.2) is 0 Å². The molecule has 1 aliphatic rings. The molecule has 0 spiro atoms. The molecule has 1 atom stereocenters. The molecule has 108 valence electrons. The van der Waals surface area contributed by atoms with Crippen LogP contribution in [0.1, 0.15) is 0 Å². The predicted octanol–water partition coefficient (Wildman–Crippen LogP) is 2.64. The van der Waals surface area contributed by atoms with E-state index in [0.29, 0.717) is 0 Å². The molecule has 6 nitrogen and oxygen atoms in total. The van der Waals surface area contributed by atoms with Crippen molar-refractivity contribution < 1.29 is 51.9 Å². The third-order valence-corrected chi connectivity index (χ3v) is 1.77. The van der Waals surface area contributed by atoms with Crippen LogP contribution in [-0.4, -0.2) is 32.9 Å². The quantitative estimate of drug-likeness (QED) is 0.461. The second-order valence-electron chi connectivity index (χ2n) is 3.04. The molecule has 1 heterocycles. The molecule has 1 rings (SSSR count). The summed E-state index contributed by atoms with van der Waals surface area (Å²) in [6, 6.07) is 0. The summed E-state index contributed by atoms with van der Waals surface area (Å²) in [5.74, 6) is -8.70. The van der Waals surface area contributed by atoms with Crippen molar-refractivity contribution in [2.45, 2.75) is 12.5 Å². The van der Waals surface area contributed by atoms with E-state index in [2.05, 4.69) is 9.47 Å². The highest BCUT2D eigenvalue weighted by atomic mass is 19.4. The summed E-state index contributed by atoms with van der Waals surface area (Å²) in [6.07, 6.45) is -11.5. The van der Waals surface area contributed by atoms with Crippen LogP contribution in [0.3, 0.4) is 0 Å². The van der Waals surface area contributed by atoms with Crippen LogP contribution in [0.2, 0.25) is 0 Å². The van der Waals surface area contributed by atoms with Gasteiger partial charge in [-0.3, -0.25) is 0 Å². The molecule has 0 saturated carbocycles. The maximum Gasteiger partial charge on any atom is 0.454 e. The highest BCUT2D eigenvalue weighted by molar-refractivity contribution is 5.26. The van der Waals surface area contributed by atoms with Gasteiger partial charge < -0.3 is 29.9 Å². The fourth-order valence-corrected chi connectivity index (χ4v) is 0.953. The number of alkyl halides is 3. The zero-order chi connectivity index (χ0) is 15.0. The van der Waals surface area contributed by atoms with Crippen molar-refractivity contribution in [2.24, 2.45) is 0 Å². The molecule has 0 saturated heterocycles. The summed E-state index contributed by atoms with van der Waals surface area (Å²) in [5.41, 5.74) is 0. The van der Waals surface area contributed by atoms with Gasteiger partial charge in [-0.15, -0.1) is 0 Å². The fraction of sp³-hybridized carbons (Fsp3) is 0.250. The van der Waals surface area contributed by atoms with Gasteiger partial charge in [0.05, 0.1) is 0 Å². The van der Waals surface area contributed by atoms with Crippen molar-refractivity contribution in [1.82, 2.24) is 0 Å². The summed E-state index contributed by atoms with van der Waals surface area (Å²) >= 11 is 0. The monoisotopic (exact) mass is 292 g/mol. The van der Waals surface area contributed by atoms with Gasteiger partial charge in [0.1, 0.15) is 0 Å². The Bertz CT molecular complexity index is 473. The van der Waals surface area contributed by atoms with Crippen molar-refractivity contribution >= 4 is 0 Å². The van der Waals surface area contributed by atoms with Crippen LogP contribution in [0, 0.1) is 0 Å². The fourth-order valence-electron chi connectivity index (χ4n) is 0.953. The predicted molar refractivity (Wildman–Crippen MR) is 45.8 cm³/mol. The summed E-state index contributed by atoms with van der Waals surface area (Å²) in [5, 5.41) is 35.7. The maximum atomic E-state index is 12.1. The molecular formula is C8H5F5O6. The van der Waals surface area contributed by atoms with Gasteiger partial charge in [0.25, 0.3) is 5.76 Å². The average molecular weight is 292 g/mol. The topological polar surface area (TPSA) is 99.4 Å². The van der Waals surface area contributed by atoms with Crippen LogP contribution in [0.15, 0.2) is 35.1 Å². The van der Waals surface area contributed by atoms with E-state index in [1.54, 1.807) is 0 Å². The molecule has 1 aliphatic heterocycles. The standard InChI is InChI=1S/C8H5F5O6/c9-5(10)4(8(11,12)13)18-7-3(16)1(14)2(15)6(17)19-7/h7,14-17H. The van der Waals surface area contributed by atoms with Gasteiger partial charge in [0.15, 0.2) is 0 Å². The van der Waals surface area contributed by atoms with Crippen LogP contribution in [0.4, 0.5) is 22.0 Å². The van der Waals surface area contributed by atoms with Crippen LogP contribution >= 0.6 is 0 Å². The van der Waals surface area contributed by atoms with E-state index in [-0.39, 0.29) is 0 Å². The van der Waals surface area contributed by atoms with E-state index < -0.39 is 47.5 Å². The van der Waals surface area contributed by atoms with Gasteiger partial charge in [0.2, 0.25) is 17.3 Å². The van der Waals surface area contributed by atoms with Crippen molar-refractivity contribution in [2.75, 3.05) is 0 Å². The lowest BCUT2D eigenvalue weighted by atomic mass is 10.3. The Kier molecular flexibility index (Phi) is 3.68. The van der Waals surface area contributed by atoms with Crippen LogP contribution in [-0.2, 0) is 9.47 Å². The Morgan fingerprint density at radius 1 is 1.05 bits per heavy atom. The van der Waals surface area contributed by atoms with Gasteiger partial charge in [-0.2, -0.15) is 22.0 Å². The van der Waals surface area contributed by atoms with Gasteiger partial charge in [0, 0.05) is 0 Å². The number of aliphatic hydroxyl groups is 4. The zero-order valence-corrected chi connectivity index (χ0v) is 8.57. The smallest absolute Gasteiger partial charge is 0.454 e. The van der Waals surface area contributed by atoms with E-state index in [1.165, 1.54) is 0 Å². The maximum absolute atomic E-state index is 12.1. The largest absolute Gasteiger partial charge is 0.503 e. The number of allylic oxidation sites excluding steroid dienone is 1. The number of halogens is 5. The second-order valence-corrected chi connectivity index (χ2v) is 3.04. The number of ether oxygens (including phenoxy) is 2. The van der Waals surface area contributed by atoms with Crippen molar-refractivity contribution in [3.63, 3.8) is 0 Å². The Labute approximate surface area is 100 Å². The molecule has 0 amide bonds. The second kappa shape index (κ2) is 4.74. The van der Waals surface area contributed by atoms with E-state index in [4.69, 9.17) is 20.4 Å². The lowest BCUT2D eigenvalue weighted by molar-refractivity contribution is -0.191. The minimum Gasteiger partial charge on any atom is -0.503 e. The summed E-state index contributed by atoms with van der Waals surface area (Å²) < 4.78 is 68.1. The molecule has 0 bridgehead atoms. The van der Waals surface area contributed by atoms with Crippen LogP contribution in [0.25, 0.3) is 0 Å². The Morgan fingerprint density at radius 3 is 2.00 bits per heavy atom. The molecule has 0 aliphatic carbocycles. The highest BCUT2D eigenvalue weighted by Gasteiger charge is 2.44. The van der Waals surface area contributed by atoms with Crippen molar-refractivity contribution in [3.05, 3.63) is 35.1 Å². The Hall–Kier alpha value is -2.33. The minimum absolute atomic E-state index is 1.39. The normalized spacial score (nSPS) is 20.2. The summed E-state index contributed by atoms with van der Waals surface area (Å²) in [7, 11) is 0. The molecule has 0 aromatic rings. The van der Waals surface area contributed by atoms with Gasteiger partial charge in [-0.1, -0.05) is 0 Å². The van der Waals surface area contributed by atoms with E-state index in [9.17, 15) is 22.0 Å². The third-order valence-electron chi connectivity index (χ3n) is 1.77. The first-order valence-corrected chi connectivity index (χ1v) is 4.26. The molecule has 1 unspecified atom stereocenters. The lowest BCUT2D eigenvalue weighted by Gasteiger charge is -2.24. The summed E-state index contributed by atoms with van der Waals surface area (Å²) in [6.45, 7) is 0. The highest BCUT2D eigenvalue weighted by Crippen LogP contribution is 2.34. The first kappa shape index (κ1) is 14.7. The number of aliphatic hydroxyl groups excluding tert-OH is 4. The molecule has 4 N–H and O–H groups in total. The van der Waals surface area contributed by atoms with Crippen LogP contribution < -0.4 is 0 Å². The van der Waals surface area contributed by atoms with Gasteiger partial charge >= 0.3 is 24.5 Å². The summed E-state index contributed by atoms with van der Waals surface area (Å²) in [4.78, 5) is 0. The number of rotatable bonds is 2. The molecule has 0 aromatic carbocycles. The first-order valence-electron chi connectivity index (χ1n) is 4.26. The molecular weight excluding hydrogens is 287 g/mol. The SMILES string of the molecule is OC1=C(O)C(O)=C(O)C(OC(=C(F)F)C(F)(F)F)O1. The number of hydrogen-bond donors (Lipinski definition) is 4. The van der Waals surface area contributed by atoms with Crippen LogP contribution in [0.5, 0.6) is 0 Å². The molecule has 0 radical (unpaired) electrons. The van der Waals surface area contributed by atoms with Crippen molar-refractivity contribution in [1.29, 1.82) is 0 Å². The van der Waals surface area contributed by atoms with E-state index >= 15 is 0 Å². The lowest BCUT2D eigenvalue weighted by Crippen LogP contribution is -2.29. The third kappa shape index (κ3) is 2.92. The van der Waals surface area contributed by atoms with Crippen molar-refractivity contribution in [3.8, 4) is 0 Å². The molecule has 19 heavy (non-hydrogen) atoms. The molecule has 0 fully saturated rings. The molecule has 11 heteroatoms. The number of hydrogen-bond acceptors (Lipinski definition) is 6. The Balaban J connectivity index is 3.06. The first-order chi connectivity index (χ1) is 8.55. The van der Waals surface area contributed by atoms with E-state index in [1.807, 2.05) is 0 Å².